The minimum Gasteiger partial charge on any atom is -0.493 e. The van der Waals surface area contributed by atoms with Gasteiger partial charge in [0.15, 0.2) is 11.5 Å². The van der Waals surface area contributed by atoms with Crippen molar-refractivity contribution >= 4 is 46.6 Å². The Balaban J connectivity index is 2.33. The molecule has 0 aliphatic carbocycles. The van der Waals surface area contributed by atoms with Crippen molar-refractivity contribution in [2.24, 2.45) is 0 Å². The first kappa shape index (κ1) is 22.1. The van der Waals surface area contributed by atoms with Gasteiger partial charge in [0.05, 0.1) is 29.7 Å². The molecule has 9 heteroatoms. The average Bonchev–Trinajstić information content (AvgIpc) is 2.89. The summed E-state index contributed by atoms with van der Waals surface area (Å²) in [5, 5.41) is -0.215. The van der Waals surface area contributed by atoms with Crippen LogP contribution in [-0.4, -0.2) is 47.9 Å². The second kappa shape index (κ2) is 9.34. The molecule has 1 aliphatic heterocycles. The molecular formula is C19H22ClNO6S. The third kappa shape index (κ3) is 4.80. The van der Waals surface area contributed by atoms with Crippen molar-refractivity contribution in [1.29, 1.82) is 0 Å². The van der Waals surface area contributed by atoms with E-state index in [-0.39, 0.29) is 17.6 Å². The lowest BCUT2D eigenvalue weighted by molar-refractivity contribution is -0.150. The molecule has 0 N–H and O–H groups in total. The van der Waals surface area contributed by atoms with Crippen LogP contribution in [-0.2, 0) is 14.3 Å². The van der Waals surface area contributed by atoms with Crippen LogP contribution in [0.15, 0.2) is 17.0 Å². The lowest BCUT2D eigenvalue weighted by Crippen LogP contribution is -2.42. The summed E-state index contributed by atoms with van der Waals surface area (Å²) in [5.74, 6) is -0.383. The van der Waals surface area contributed by atoms with Gasteiger partial charge < -0.3 is 14.2 Å². The Labute approximate surface area is 172 Å². The zero-order valence-electron chi connectivity index (χ0n) is 16.3. The number of methoxy groups -OCH3 is 1. The lowest BCUT2D eigenvalue weighted by Gasteiger charge is -2.19. The van der Waals surface area contributed by atoms with Crippen LogP contribution in [0.3, 0.4) is 0 Å². The number of imide groups is 1. The summed E-state index contributed by atoms with van der Waals surface area (Å²) in [7, 11) is 1.48. The van der Waals surface area contributed by atoms with E-state index in [1.807, 2.05) is 13.8 Å². The first-order chi connectivity index (χ1) is 13.2. The molecule has 0 unspecified atom stereocenters. The third-order valence-electron chi connectivity index (χ3n) is 3.74. The van der Waals surface area contributed by atoms with Crippen LogP contribution in [0.4, 0.5) is 4.79 Å². The number of ether oxygens (including phenoxy) is 3. The van der Waals surface area contributed by atoms with E-state index in [2.05, 4.69) is 0 Å². The summed E-state index contributed by atoms with van der Waals surface area (Å²) >= 11 is 7.05. The zero-order valence-corrected chi connectivity index (χ0v) is 17.8. The minimum atomic E-state index is -1.00. The summed E-state index contributed by atoms with van der Waals surface area (Å²) in [6, 6.07) is 2.27. The molecule has 0 radical (unpaired) electrons. The smallest absolute Gasteiger partial charge is 0.329 e. The van der Waals surface area contributed by atoms with Crippen LogP contribution in [0, 0.1) is 0 Å². The molecule has 152 valence electrons. The Kier molecular flexibility index (Phi) is 7.37. The van der Waals surface area contributed by atoms with Gasteiger partial charge in [0.2, 0.25) is 0 Å². The molecule has 1 fully saturated rings. The minimum absolute atomic E-state index is 0.0990. The Morgan fingerprint density at radius 2 is 1.96 bits per heavy atom. The zero-order chi connectivity index (χ0) is 21.0. The number of hydrogen-bond donors (Lipinski definition) is 0. The van der Waals surface area contributed by atoms with E-state index < -0.39 is 23.2 Å². The summed E-state index contributed by atoms with van der Waals surface area (Å²) in [5.41, 5.74) is 0.562. The maximum atomic E-state index is 12.6. The van der Waals surface area contributed by atoms with Gasteiger partial charge in [-0.2, -0.15) is 0 Å². The monoisotopic (exact) mass is 427 g/mol. The molecule has 1 heterocycles. The second-order valence-electron chi connectivity index (χ2n) is 6.18. The predicted molar refractivity (Wildman–Crippen MR) is 108 cm³/mol. The number of amides is 2. The molecule has 1 atom stereocenters. The molecule has 1 aromatic carbocycles. The van der Waals surface area contributed by atoms with Gasteiger partial charge in [-0.3, -0.25) is 14.5 Å². The molecule has 0 saturated carbocycles. The van der Waals surface area contributed by atoms with Gasteiger partial charge in [0.25, 0.3) is 11.1 Å². The number of carbonyl (C=O) groups excluding carboxylic acids is 3. The number of carbonyl (C=O) groups is 3. The average molecular weight is 428 g/mol. The van der Waals surface area contributed by atoms with Crippen LogP contribution in [0.25, 0.3) is 6.08 Å². The number of halogens is 1. The molecule has 1 aliphatic rings. The number of thioether (sulfide) groups is 1. The van der Waals surface area contributed by atoms with E-state index in [9.17, 15) is 14.4 Å². The van der Waals surface area contributed by atoms with Crippen molar-refractivity contribution in [3.8, 4) is 11.5 Å². The number of hydrogen-bond acceptors (Lipinski definition) is 7. The molecular weight excluding hydrogens is 406 g/mol. The Bertz CT molecular complexity index is 823. The molecule has 2 rings (SSSR count). The van der Waals surface area contributed by atoms with Crippen LogP contribution < -0.4 is 9.47 Å². The summed E-state index contributed by atoms with van der Waals surface area (Å²) in [6.07, 6.45) is 1.43. The maximum Gasteiger partial charge on any atom is 0.329 e. The third-order valence-corrected chi connectivity index (χ3v) is 4.91. The molecule has 2 amide bonds. The molecule has 0 bridgehead atoms. The number of benzene rings is 1. The van der Waals surface area contributed by atoms with Crippen molar-refractivity contribution in [2.45, 2.75) is 39.8 Å². The van der Waals surface area contributed by atoms with Crippen LogP contribution in [0.1, 0.15) is 33.3 Å². The topological polar surface area (TPSA) is 82.1 Å². The molecule has 28 heavy (non-hydrogen) atoms. The standard InChI is InChI=1S/C19H22ClNO6S/c1-6-26-18(23)11(4)21-17(22)15(28-19(21)24)9-12-7-13(20)16(27-10(2)3)14(8-12)25-5/h7-11H,6H2,1-5H3/b15-9+/t11-/m1/s1. The van der Waals surface area contributed by atoms with Gasteiger partial charge >= 0.3 is 5.97 Å². The quantitative estimate of drug-likeness (QED) is 0.478. The number of nitrogens with zero attached hydrogens (tertiary/aromatic N) is 1. The highest BCUT2D eigenvalue weighted by molar-refractivity contribution is 8.18. The Morgan fingerprint density at radius 3 is 2.54 bits per heavy atom. The largest absolute Gasteiger partial charge is 0.493 e. The number of rotatable bonds is 7. The molecule has 1 saturated heterocycles. The normalized spacial score (nSPS) is 16.7. The van der Waals surface area contributed by atoms with Crippen LogP contribution in [0.2, 0.25) is 5.02 Å². The Morgan fingerprint density at radius 1 is 1.29 bits per heavy atom. The first-order valence-electron chi connectivity index (χ1n) is 8.67. The predicted octanol–water partition coefficient (Wildman–Crippen LogP) is 4.12. The van der Waals surface area contributed by atoms with Gasteiger partial charge in [-0.05, 0) is 63.2 Å². The van der Waals surface area contributed by atoms with Crippen molar-refractivity contribution in [3.63, 3.8) is 0 Å². The van der Waals surface area contributed by atoms with Crippen LogP contribution in [0.5, 0.6) is 11.5 Å². The van der Waals surface area contributed by atoms with E-state index in [1.54, 1.807) is 19.1 Å². The fraction of sp³-hybridized carbons (Fsp3) is 0.421. The van der Waals surface area contributed by atoms with Crippen molar-refractivity contribution in [3.05, 3.63) is 27.6 Å². The van der Waals surface area contributed by atoms with Gasteiger partial charge in [-0.15, -0.1) is 0 Å². The van der Waals surface area contributed by atoms with Crippen molar-refractivity contribution in [1.82, 2.24) is 4.90 Å². The molecule has 7 nitrogen and oxygen atoms in total. The lowest BCUT2D eigenvalue weighted by atomic mass is 10.1. The SMILES string of the molecule is CCOC(=O)[C@@H](C)N1C(=O)S/C(=C/c2cc(Cl)c(OC(C)C)c(OC)c2)C1=O. The summed E-state index contributed by atoms with van der Waals surface area (Å²) in [4.78, 5) is 37.9. The highest BCUT2D eigenvalue weighted by Gasteiger charge is 2.41. The molecule has 0 spiro atoms. The van der Waals surface area contributed by atoms with Crippen LogP contribution >= 0.6 is 23.4 Å². The van der Waals surface area contributed by atoms with E-state index in [1.165, 1.54) is 20.1 Å². The summed E-state index contributed by atoms with van der Waals surface area (Å²) in [6.45, 7) is 7.00. The summed E-state index contributed by atoms with van der Waals surface area (Å²) < 4.78 is 15.9. The maximum absolute atomic E-state index is 12.6. The van der Waals surface area contributed by atoms with Gasteiger partial charge in [0, 0.05) is 0 Å². The molecule has 1 aromatic rings. The fourth-order valence-electron chi connectivity index (χ4n) is 2.51. The van der Waals surface area contributed by atoms with Crippen molar-refractivity contribution in [2.75, 3.05) is 13.7 Å². The van der Waals surface area contributed by atoms with E-state index >= 15 is 0 Å². The highest BCUT2D eigenvalue weighted by Crippen LogP contribution is 2.39. The first-order valence-corrected chi connectivity index (χ1v) is 9.86. The van der Waals surface area contributed by atoms with E-state index in [0.717, 1.165) is 16.7 Å². The fourth-order valence-corrected chi connectivity index (χ4v) is 3.68. The van der Waals surface area contributed by atoms with Gasteiger partial charge in [0.1, 0.15) is 6.04 Å². The molecule has 0 aromatic heterocycles. The Hall–Kier alpha value is -2.19. The van der Waals surface area contributed by atoms with E-state index in [4.69, 9.17) is 25.8 Å². The highest BCUT2D eigenvalue weighted by atomic mass is 35.5. The van der Waals surface area contributed by atoms with Gasteiger partial charge in [-0.1, -0.05) is 11.6 Å². The number of esters is 1. The van der Waals surface area contributed by atoms with Gasteiger partial charge in [-0.25, -0.2) is 4.79 Å². The van der Waals surface area contributed by atoms with E-state index in [0.29, 0.717) is 22.1 Å². The second-order valence-corrected chi connectivity index (χ2v) is 7.58. The van der Waals surface area contributed by atoms with Crippen molar-refractivity contribution < 1.29 is 28.6 Å².